The summed E-state index contributed by atoms with van der Waals surface area (Å²) >= 11 is 9.50. The molecule has 140 valence electrons. The molecule has 4 nitrogen and oxygen atoms in total. The van der Waals surface area contributed by atoms with Crippen LogP contribution in [0, 0.1) is 0 Å². The van der Waals surface area contributed by atoms with Crippen molar-refractivity contribution in [3.63, 3.8) is 0 Å². The van der Waals surface area contributed by atoms with Crippen LogP contribution in [0.1, 0.15) is 45.2 Å². The van der Waals surface area contributed by atoms with Gasteiger partial charge in [0.05, 0.1) is 17.3 Å². The molecular weight excluding hydrogens is 416 g/mol. The molecule has 0 spiro atoms. The summed E-state index contributed by atoms with van der Waals surface area (Å²) in [5, 5.41) is 0.454. The van der Waals surface area contributed by atoms with Crippen molar-refractivity contribution in [2.45, 2.75) is 52.7 Å². The molecule has 1 heterocycles. The predicted molar refractivity (Wildman–Crippen MR) is 110 cm³/mol. The summed E-state index contributed by atoms with van der Waals surface area (Å²) in [5.74, 6) is 0. The average molecular weight is 440 g/mol. The van der Waals surface area contributed by atoms with Crippen molar-refractivity contribution in [2.75, 3.05) is 4.90 Å². The molecule has 2 rings (SSSR count). The molecule has 0 bridgehead atoms. The van der Waals surface area contributed by atoms with E-state index in [1.807, 2.05) is 32.9 Å². The van der Waals surface area contributed by atoms with Gasteiger partial charge >= 0.3 is 6.09 Å². The second kappa shape index (κ2) is 8.87. The number of halogens is 2. The third kappa shape index (κ3) is 5.99. The molecule has 0 N–H and O–H groups in total. The molecule has 26 heavy (non-hydrogen) atoms. The third-order valence-electron chi connectivity index (χ3n) is 3.59. The largest absolute Gasteiger partial charge is 0.443 e. The maximum Gasteiger partial charge on any atom is 0.415 e. The second-order valence-corrected chi connectivity index (χ2v) is 8.28. The zero-order valence-corrected chi connectivity index (χ0v) is 17.9. The number of pyridine rings is 1. The smallest absolute Gasteiger partial charge is 0.415 e. The molecule has 0 aliphatic rings. The maximum absolute atomic E-state index is 12.8. The lowest BCUT2D eigenvalue weighted by molar-refractivity contribution is 0.0577. The normalized spacial score (nSPS) is 11.3. The van der Waals surface area contributed by atoms with Gasteiger partial charge in [-0.15, -0.1) is 0 Å². The molecule has 0 atom stereocenters. The number of anilines is 1. The van der Waals surface area contributed by atoms with E-state index in [1.165, 1.54) is 11.8 Å². The fraction of sp³-hybridized carbons (Fsp3) is 0.400. The summed E-state index contributed by atoms with van der Waals surface area (Å²) in [4.78, 5) is 18.5. The van der Waals surface area contributed by atoms with E-state index in [4.69, 9.17) is 16.3 Å². The number of rotatable bonds is 5. The van der Waals surface area contributed by atoms with Crippen molar-refractivity contribution in [1.82, 2.24) is 4.98 Å². The Hall–Kier alpha value is -1.59. The van der Waals surface area contributed by atoms with Crippen LogP contribution in [0.2, 0.25) is 5.02 Å². The van der Waals surface area contributed by atoms with Crippen LogP contribution < -0.4 is 4.90 Å². The molecule has 0 fully saturated rings. The number of aryl methyl sites for hydroxylation is 1. The SMILES string of the molecule is CCCc1ccc(CN(C(=O)OC(C)(C)C)c2cc(Cl)cnc2Br)cc1. The van der Waals surface area contributed by atoms with Crippen molar-refractivity contribution in [2.24, 2.45) is 0 Å². The Kier molecular flexibility index (Phi) is 7.07. The highest BCUT2D eigenvalue weighted by Crippen LogP contribution is 2.30. The van der Waals surface area contributed by atoms with Gasteiger partial charge in [0.2, 0.25) is 0 Å². The standard InChI is InChI=1S/C20H24BrClN2O2/c1-5-6-14-7-9-15(10-8-14)13-24(19(25)26-20(2,3)4)17-11-16(22)12-23-18(17)21/h7-12H,5-6,13H2,1-4H3. The highest BCUT2D eigenvalue weighted by atomic mass is 79.9. The lowest BCUT2D eigenvalue weighted by Crippen LogP contribution is -2.36. The van der Waals surface area contributed by atoms with Crippen LogP contribution in [0.4, 0.5) is 10.5 Å². The summed E-state index contributed by atoms with van der Waals surface area (Å²) in [6.07, 6.45) is 3.23. The molecule has 0 saturated heterocycles. The first-order valence-electron chi connectivity index (χ1n) is 8.59. The van der Waals surface area contributed by atoms with E-state index in [-0.39, 0.29) is 0 Å². The Bertz CT molecular complexity index is 757. The van der Waals surface area contributed by atoms with E-state index < -0.39 is 11.7 Å². The number of benzene rings is 1. The molecule has 1 aromatic carbocycles. The Morgan fingerprint density at radius 2 is 1.85 bits per heavy atom. The van der Waals surface area contributed by atoms with Gasteiger partial charge in [-0.3, -0.25) is 4.90 Å². The number of hydrogen-bond acceptors (Lipinski definition) is 3. The minimum atomic E-state index is -0.598. The van der Waals surface area contributed by atoms with Gasteiger partial charge in [0.15, 0.2) is 0 Å². The summed E-state index contributed by atoms with van der Waals surface area (Å²) in [6.45, 7) is 8.04. The van der Waals surface area contributed by atoms with Crippen LogP contribution in [-0.4, -0.2) is 16.7 Å². The van der Waals surface area contributed by atoms with Gasteiger partial charge in [0, 0.05) is 6.20 Å². The number of ether oxygens (including phenoxy) is 1. The molecule has 6 heteroatoms. The third-order valence-corrected chi connectivity index (χ3v) is 4.41. The van der Waals surface area contributed by atoms with Crippen LogP contribution in [0.3, 0.4) is 0 Å². The number of amides is 1. The van der Waals surface area contributed by atoms with Gasteiger partial charge in [-0.1, -0.05) is 49.2 Å². The lowest BCUT2D eigenvalue weighted by atomic mass is 10.1. The zero-order chi connectivity index (χ0) is 19.3. The molecule has 0 unspecified atom stereocenters. The number of hydrogen-bond donors (Lipinski definition) is 0. The van der Waals surface area contributed by atoms with Gasteiger partial charge in [0.25, 0.3) is 0 Å². The monoisotopic (exact) mass is 438 g/mol. The average Bonchev–Trinajstić information content (AvgIpc) is 2.55. The van der Waals surface area contributed by atoms with Crippen LogP contribution >= 0.6 is 27.5 Å². The van der Waals surface area contributed by atoms with E-state index >= 15 is 0 Å². The van der Waals surface area contributed by atoms with Crippen molar-refractivity contribution < 1.29 is 9.53 Å². The number of carbonyl (C=O) groups excluding carboxylic acids is 1. The van der Waals surface area contributed by atoms with Crippen molar-refractivity contribution in [3.8, 4) is 0 Å². The molecule has 1 amide bonds. The number of carbonyl (C=O) groups is 1. The summed E-state index contributed by atoms with van der Waals surface area (Å²) in [5.41, 5.74) is 2.26. The Labute approximate surface area is 168 Å². The minimum absolute atomic E-state index is 0.363. The van der Waals surface area contributed by atoms with Gasteiger partial charge in [-0.2, -0.15) is 0 Å². The Morgan fingerprint density at radius 1 is 1.23 bits per heavy atom. The number of aromatic nitrogens is 1. The lowest BCUT2D eigenvalue weighted by Gasteiger charge is -2.28. The van der Waals surface area contributed by atoms with Crippen molar-refractivity contribution >= 4 is 39.3 Å². The Morgan fingerprint density at radius 3 is 2.42 bits per heavy atom. The second-order valence-electron chi connectivity index (χ2n) is 7.10. The van der Waals surface area contributed by atoms with Crippen LogP contribution in [-0.2, 0) is 17.7 Å². The molecular formula is C20H24BrClN2O2. The van der Waals surface area contributed by atoms with E-state index in [0.29, 0.717) is 21.9 Å². The minimum Gasteiger partial charge on any atom is -0.443 e. The van der Waals surface area contributed by atoms with Gasteiger partial charge in [-0.25, -0.2) is 9.78 Å². The fourth-order valence-electron chi connectivity index (χ4n) is 2.45. The Balaban J connectivity index is 2.33. The fourth-order valence-corrected chi connectivity index (χ4v) is 3.03. The van der Waals surface area contributed by atoms with Crippen molar-refractivity contribution in [1.29, 1.82) is 0 Å². The first-order valence-corrected chi connectivity index (χ1v) is 9.76. The maximum atomic E-state index is 12.8. The zero-order valence-electron chi connectivity index (χ0n) is 15.6. The summed E-state index contributed by atoms with van der Waals surface area (Å²) in [6, 6.07) is 9.96. The quantitative estimate of drug-likeness (QED) is 0.507. The van der Waals surface area contributed by atoms with Gasteiger partial charge < -0.3 is 4.74 Å². The molecule has 2 aromatic rings. The van der Waals surface area contributed by atoms with E-state index in [2.05, 4.69) is 40.0 Å². The first kappa shape index (κ1) is 20.7. The topological polar surface area (TPSA) is 42.4 Å². The molecule has 0 aliphatic heterocycles. The highest BCUT2D eigenvalue weighted by molar-refractivity contribution is 9.10. The summed E-state index contributed by atoms with van der Waals surface area (Å²) < 4.78 is 6.12. The van der Waals surface area contributed by atoms with Crippen LogP contribution in [0.15, 0.2) is 41.1 Å². The van der Waals surface area contributed by atoms with E-state index in [9.17, 15) is 4.79 Å². The van der Waals surface area contributed by atoms with Crippen LogP contribution in [0.5, 0.6) is 0 Å². The first-order chi connectivity index (χ1) is 12.2. The van der Waals surface area contributed by atoms with Crippen LogP contribution in [0.25, 0.3) is 0 Å². The van der Waals surface area contributed by atoms with Crippen molar-refractivity contribution in [3.05, 3.63) is 57.3 Å². The highest BCUT2D eigenvalue weighted by Gasteiger charge is 2.25. The number of nitrogens with zero attached hydrogens (tertiary/aromatic N) is 2. The van der Waals surface area contributed by atoms with E-state index in [1.54, 1.807) is 11.0 Å². The van der Waals surface area contributed by atoms with Gasteiger partial charge in [-0.05, 0) is 60.3 Å². The molecule has 0 radical (unpaired) electrons. The van der Waals surface area contributed by atoms with E-state index in [0.717, 1.165) is 18.4 Å². The molecule has 0 aliphatic carbocycles. The summed E-state index contributed by atoms with van der Waals surface area (Å²) in [7, 11) is 0. The predicted octanol–water partition coefficient (Wildman–Crippen LogP) is 6.39. The molecule has 1 aromatic heterocycles. The van der Waals surface area contributed by atoms with Gasteiger partial charge in [0.1, 0.15) is 10.2 Å². The molecule has 0 saturated carbocycles.